The number of phenolic OH excluding ortho intramolecular Hbond substituents is 1. The minimum atomic E-state index is 0.173. The first-order chi connectivity index (χ1) is 7.63. The Morgan fingerprint density at radius 1 is 1.50 bits per heavy atom. The minimum Gasteiger partial charge on any atom is -0.508 e. The van der Waals surface area contributed by atoms with Crippen molar-refractivity contribution in [1.82, 2.24) is 5.32 Å². The van der Waals surface area contributed by atoms with Crippen molar-refractivity contribution in [1.29, 1.82) is 0 Å². The molecule has 4 heteroatoms. The van der Waals surface area contributed by atoms with Crippen LogP contribution in [-0.4, -0.2) is 24.4 Å². The van der Waals surface area contributed by atoms with E-state index in [9.17, 15) is 5.11 Å². The zero-order valence-electron chi connectivity index (χ0n) is 9.66. The molecule has 0 heterocycles. The molecule has 0 saturated heterocycles. The Morgan fingerprint density at radius 2 is 2.25 bits per heavy atom. The minimum absolute atomic E-state index is 0.173. The number of hydrogen-bond acceptors (Lipinski definition) is 3. The maximum atomic E-state index is 9.57. The van der Waals surface area contributed by atoms with Gasteiger partial charge in [0.05, 0.1) is 6.10 Å². The highest BCUT2D eigenvalue weighted by Gasteiger charge is 2.03. The maximum absolute atomic E-state index is 9.57. The van der Waals surface area contributed by atoms with Gasteiger partial charge in [-0.1, -0.05) is 11.6 Å². The molecule has 0 aliphatic heterocycles. The summed E-state index contributed by atoms with van der Waals surface area (Å²) in [5, 5.41) is 13.4. The Hall–Kier alpha value is -0.770. The standard InChI is InChI=1S/C12H18ClNO2/c1-3-16-9(2)7-14-8-10-6-11(13)4-5-12(10)15/h4-6,9,14-15H,3,7-8H2,1-2H3. The van der Waals surface area contributed by atoms with Crippen molar-refractivity contribution in [3.05, 3.63) is 28.8 Å². The molecule has 0 aliphatic carbocycles. The van der Waals surface area contributed by atoms with Crippen molar-refractivity contribution in [2.24, 2.45) is 0 Å². The molecule has 2 N–H and O–H groups in total. The lowest BCUT2D eigenvalue weighted by Gasteiger charge is -2.13. The van der Waals surface area contributed by atoms with Crippen LogP contribution >= 0.6 is 11.6 Å². The molecule has 0 amide bonds. The Bertz CT molecular complexity index is 331. The molecule has 1 atom stereocenters. The van der Waals surface area contributed by atoms with Crippen LogP contribution in [0.25, 0.3) is 0 Å². The van der Waals surface area contributed by atoms with E-state index < -0.39 is 0 Å². The van der Waals surface area contributed by atoms with Crippen LogP contribution in [0.15, 0.2) is 18.2 Å². The number of benzene rings is 1. The summed E-state index contributed by atoms with van der Waals surface area (Å²) in [6, 6.07) is 5.03. The monoisotopic (exact) mass is 243 g/mol. The zero-order chi connectivity index (χ0) is 12.0. The van der Waals surface area contributed by atoms with Gasteiger partial charge in [0, 0.05) is 30.3 Å². The summed E-state index contributed by atoms with van der Waals surface area (Å²) in [6.45, 7) is 6.03. The lowest BCUT2D eigenvalue weighted by Crippen LogP contribution is -2.26. The third-order valence-corrected chi connectivity index (χ3v) is 2.48. The molecular formula is C12H18ClNO2. The molecule has 1 aromatic rings. The third-order valence-electron chi connectivity index (χ3n) is 2.24. The van der Waals surface area contributed by atoms with E-state index in [0.717, 1.165) is 12.1 Å². The molecule has 1 aromatic carbocycles. The summed E-state index contributed by atoms with van der Waals surface area (Å²) in [4.78, 5) is 0. The highest BCUT2D eigenvalue weighted by Crippen LogP contribution is 2.20. The molecule has 3 nitrogen and oxygen atoms in total. The molecular weight excluding hydrogens is 226 g/mol. The zero-order valence-corrected chi connectivity index (χ0v) is 10.4. The van der Waals surface area contributed by atoms with E-state index in [-0.39, 0.29) is 11.9 Å². The van der Waals surface area contributed by atoms with Gasteiger partial charge >= 0.3 is 0 Å². The van der Waals surface area contributed by atoms with Crippen molar-refractivity contribution < 1.29 is 9.84 Å². The number of phenols is 1. The second-order valence-corrected chi connectivity index (χ2v) is 4.11. The molecule has 90 valence electrons. The van der Waals surface area contributed by atoms with Gasteiger partial charge in [-0.15, -0.1) is 0 Å². The quantitative estimate of drug-likeness (QED) is 0.807. The van der Waals surface area contributed by atoms with Crippen LogP contribution in [0.1, 0.15) is 19.4 Å². The molecule has 1 rings (SSSR count). The molecule has 0 bridgehead atoms. The highest BCUT2D eigenvalue weighted by atomic mass is 35.5. The largest absolute Gasteiger partial charge is 0.508 e. The SMILES string of the molecule is CCOC(C)CNCc1cc(Cl)ccc1O. The summed E-state index contributed by atoms with van der Waals surface area (Å²) in [5.74, 6) is 0.265. The Balaban J connectivity index is 2.39. The summed E-state index contributed by atoms with van der Waals surface area (Å²) >= 11 is 5.84. The maximum Gasteiger partial charge on any atom is 0.120 e. The van der Waals surface area contributed by atoms with E-state index in [1.807, 2.05) is 13.8 Å². The lowest BCUT2D eigenvalue weighted by molar-refractivity contribution is 0.0759. The molecule has 0 spiro atoms. The number of aromatic hydroxyl groups is 1. The summed E-state index contributed by atoms with van der Waals surface area (Å²) in [6.07, 6.45) is 0.173. The Labute approximate surface area is 101 Å². The van der Waals surface area contributed by atoms with Crippen molar-refractivity contribution >= 4 is 11.6 Å². The summed E-state index contributed by atoms with van der Waals surface area (Å²) in [7, 11) is 0. The van der Waals surface area contributed by atoms with Crippen molar-refractivity contribution in [3.63, 3.8) is 0 Å². The van der Waals surface area contributed by atoms with Gasteiger partial charge in [0.1, 0.15) is 5.75 Å². The van der Waals surface area contributed by atoms with E-state index in [1.54, 1.807) is 18.2 Å². The van der Waals surface area contributed by atoms with Gasteiger partial charge in [0.15, 0.2) is 0 Å². The van der Waals surface area contributed by atoms with Gasteiger partial charge in [-0.05, 0) is 32.0 Å². The van der Waals surface area contributed by atoms with Gasteiger partial charge in [0.25, 0.3) is 0 Å². The van der Waals surface area contributed by atoms with Crippen molar-refractivity contribution in [2.45, 2.75) is 26.5 Å². The van der Waals surface area contributed by atoms with Crippen molar-refractivity contribution in [3.8, 4) is 5.75 Å². The van der Waals surface area contributed by atoms with Crippen LogP contribution in [0.5, 0.6) is 5.75 Å². The highest BCUT2D eigenvalue weighted by molar-refractivity contribution is 6.30. The molecule has 0 radical (unpaired) electrons. The first-order valence-corrected chi connectivity index (χ1v) is 5.81. The fourth-order valence-corrected chi connectivity index (χ4v) is 1.64. The van der Waals surface area contributed by atoms with Crippen LogP contribution in [0.2, 0.25) is 5.02 Å². The second-order valence-electron chi connectivity index (χ2n) is 3.67. The summed E-state index contributed by atoms with van der Waals surface area (Å²) in [5.41, 5.74) is 0.802. The number of hydrogen-bond donors (Lipinski definition) is 2. The van der Waals surface area contributed by atoms with Crippen LogP contribution in [0.3, 0.4) is 0 Å². The van der Waals surface area contributed by atoms with Gasteiger partial charge in [-0.2, -0.15) is 0 Å². The number of nitrogens with one attached hydrogen (secondary N) is 1. The number of halogens is 1. The molecule has 0 aromatic heterocycles. The fourth-order valence-electron chi connectivity index (χ4n) is 1.45. The molecule has 1 unspecified atom stereocenters. The second kappa shape index (κ2) is 6.74. The number of rotatable bonds is 6. The van der Waals surface area contributed by atoms with E-state index in [4.69, 9.17) is 16.3 Å². The predicted octanol–water partition coefficient (Wildman–Crippen LogP) is 2.56. The van der Waals surface area contributed by atoms with Crippen LogP contribution in [0, 0.1) is 0 Å². The topological polar surface area (TPSA) is 41.5 Å². The van der Waals surface area contributed by atoms with Gasteiger partial charge in [-0.3, -0.25) is 0 Å². The summed E-state index contributed by atoms with van der Waals surface area (Å²) < 4.78 is 5.38. The lowest BCUT2D eigenvalue weighted by atomic mass is 10.2. The molecule has 0 aliphatic rings. The van der Waals surface area contributed by atoms with Crippen LogP contribution in [0.4, 0.5) is 0 Å². The predicted molar refractivity (Wildman–Crippen MR) is 65.9 cm³/mol. The molecule has 0 fully saturated rings. The Morgan fingerprint density at radius 3 is 2.94 bits per heavy atom. The first kappa shape index (κ1) is 13.3. The smallest absolute Gasteiger partial charge is 0.120 e. The van der Waals surface area contributed by atoms with E-state index in [2.05, 4.69) is 5.32 Å². The molecule has 16 heavy (non-hydrogen) atoms. The fraction of sp³-hybridized carbons (Fsp3) is 0.500. The first-order valence-electron chi connectivity index (χ1n) is 5.43. The van der Waals surface area contributed by atoms with Gasteiger partial charge in [-0.25, -0.2) is 0 Å². The normalized spacial score (nSPS) is 12.7. The number of ether oxygens (including phenoxy) is 1. The average Bonchev–Trinajstić information content (AvgIpc) is 2.23. The van der Waals surface area contributed by atoms with Crippen LogP contribution in [-0.2, 0) is 11.3 Å². The van der Waals surface area contributed by atoms with E-state index in [0.29, 0.717) is 18.2 Å². The Kier molecular flexibility index (Phi) is 5.60. The van der Waals surface area contributed by atoms with E-state index in [1.165, 1.54) is 0 Å². The van der Waals surface area contributed by atoms with E-state index >= 15 is 0 Å². The van der Waals surface area contributed by atoms with Crippen molar-refractivity contribution in [2.75, 3.05) is 13.2 Å². The third kappa shape index (κ3) is 4.39. The van der Waals surface area contributed by atoms with Gasteiger partial charge in [0.2, 0.25) is 0 Å². The van der Waals surface area contributed by atoms with Gasteiger partial charge < -0.3 is 15.2 Å². The van der Waals surface area contributed by atoms with Crippen LogP contribution < -0.4 is 5.32 Å². The molecule has 0 saturated carbocycles. The average molecular weight is 244 g/mol.